The SMILES string of the molecule is COc1ccc(NC(=O)OC(C)(C)C)c(N=C=O)c1. The van der Waals surface area contributed by atoms with Crippen molar-refractivity contribution in [2.75, 3.05) is 12.4 Å². The van der Waals surface area contributed by atoms with Crippen LogP contribution < -0.4 is 10.1 Å². The summed E-state index contributed by atoms with van der Waals surface area (Å²) >= 11 is 0. The molecule has 0 aliphatic heterocycles. The van der Waals surface area contributed by atoms with Crippen LogP contribution in [0.3, 0.4) is 0 Å². The average Bonchev–Trinajstić information content (AvgIpc) is 2.29. The van der Waals surface area contributed by atoms with E-state index in [0.29, 0.717) is 11.4 Å². The molecular formula is C13H16N2O4. The summed E-state index contributed by atoms with van der Waals surface area (Å²) in [4.78, 5) is 25.5. The first kappa shape index (κ1) is 14.7. The number of benzene rings is 1. The third-order valence-corrected chi connectivity index (χ3v) is 2.01. The molecule has 0 unspecified atom stereocenters. The summed E-state index contributed by atoms with van der Waals surface area (Å²) in [7, 11) is 1.49. The Kier molecular flexibility index (Phi) is 4.67. The first-order valence-electron chi connectivity index (χ1n) is 5.61. The van der Waals surface area contributed by atoms with Crippen molar-refractivity contribution >= 4 is 23.5 Å². The van der Waals surface area contributed by atoms with Gasteiger partial charge in [-0.15, -0.1) is 0 Å². The van der Waals surface area contributed by atoms with Gasteiger partial charge in [0.1, 0.15) is 17.0 Å². The zero-order chi connectivity index (χ0) is 14.5. The van der Waals surface area contributed by atoms with Gasteiger partial charge >= 0.3 is 6.09 Å². The maximum atomic E-state index is 11.6. The third kappa shape index (κ3) is 4.81. The number of methoxy groups -OCH3 is 1. The molecule has 6 nitrogen and oxygen atoms in total. The molecule has 1 rings (SSSR count). The average molecular weight is 264 g/mol. The maximum absolute atomic E-state index is 11.6. The van der Waals surface area contributed by atoms with Gasteiger partial charge in [0.05, 0.1) is 12.8 Å². The normalized spacial score (nSPS) is 10.3. The van der Waals surface area contributed by atoms with E-state index in [9.17, 15) is 9.59 Å². The first-order valence-corrected chi connectivity index (χ1v) is 5.61. The van der Waals surface area contributed by atoms with E-state index in [2.05, 4.69) is 10.3 Å². The molecule has 0 aliphatic carbocycles. The molecule has 0 aromatic heterocycles. The van der Waals surface area contributed by atoms with E-state index in [4.69, 9.17) is 9.47 Å². The molecule has 0 heterocycles. The molecule has 0 saturated heterocycles. The number of nitrogens with one attached hydrogen (secondary N) is 1. The number of amides is 1. The fourth-order valence-corrected chi connectivity index (χ4v) is 1.30. The van der Waals surface area contributed by atoms with Crippen LogP contribution in [-0.4, -0.2) is 24.9 Å². The summed E-state index contributed by atoms with van der Waals surface area (Å²) < 4.78 is 10.1. The number of ether oxygens (including phenoxy) is 2. The lowest BCUT2D eigenvalue weighted by Gasteiger charge is -2.20. The lowest BCUT2D eigenvalue weighted by molar-refractivity contribution is 0.0636. The second-order valence-electron chi connectivity index (χ2n) is 4.71. The molecule has 19 heavy (non-hydrogen) atoms. The number of anilines is 1. The fraction of sp³-hybridized carbons (Fsp3) is 0.385. The molecule has 0 fully saturated rings. The van der Waals surface area contributed by atoms with Crippen LogP contribution in [0.1, 0.15) is 20.8 Å². The zero-order valence-electron chi connectivity index (χ0n) is 11.3. The van der Waals surface area contributed by atoms with Gasteiger partial charge in [-0.2, -0.15) is 4.99 Å². The molecule has 0 atom stereocenters. The molecule has 0 spiro atoms. The molecule has 1 aromatic rings. The van der Waals surface area contributed by atoms with E-state index >= 15 is 0 Å². The minimum absolute atomic E-state index is 0.250. The highest BCUT2D eigenvalue weighted by atomic mass is 16.6. The molecule has 0 radical (unpaired) electrons. The van der Waals surface area contributed by atoms with Gasteiger partial charge in [-0.25, -0.2) is 9.59 Å². The molecule has 0 bridgehead atoms. The minimum Gasteiger partial charge on any atom is -0.497 e. The number of isocyanates is 1. The Morgan fingerprint density at radius 2 is 2.05 bits per heavy atom. The Bertz CT molecular complexity index is 514. The Hall–Kier alpha value is -2.33. The van der Waals surface area contributed by atoms with Gasteiger partial charge in [0, 0.05) is 6.07 Å². The van der Waals surface area contributed by atoms with Crippen LogP contribution in [0.25, 0.3) is 0 Å². The Morgan fingerprint density at radius 3 is 2.58 bits per heavy atom. The van der Waals surface area contributed by atoms with Crippen molar-refractivity contribution in [2.45, 2.75) is 26.4 Å². The van der Waals surface area contributed by atoms with Gasteiger partial charge in [-0.3, -0.25) is 5.32 Å². The monoisotopic (exact) mass is 264 g/mol. The first-order chi connectivity index (χ1) is 8.85. The van der Waals surface area contributed by atoms with E-state index in [1.165, 1.54) is 19.3 Å². The van der Waals surface area contributed by atoms with Crippen molar-refractivity contribution in [3.63, 3.8) is 0 Å². The number of hydrogen-bond acceptors (Lipinski definition) is 5. The molecule has 0 aliphatic rings. The van der Waals surface area contributed by atoms with Gasteiger partial charge < -0.3 is 9.47 Å². The van der Waals surface area contributed by atoms with Crippen molar-refractivity contribution < 1.29 is 19.1 Å². The van der Waals surface area contributed by atoms with Gasteiger partial charge in [-0.1, -0.05) is 0 Å². The predicted molar refractivity (Wildman–Crippen MR) is 70.6 cm³/mol. The summed E-state index contributed by atoms with van der Waals surface area (Å²) in [6, 6.07) is 4.72. The second kappa shape index (κ2) is 6.02. The standard InChI is InChI=1S/C13H16N2O4/c1-13(2,3)19-12(17)15-10-6-5-9(18-4)7-11(10)14-8-16/h5-7H,1-4H3,(H,15,17). The van der Waals surface area contributed by atoms with Crippen molar-refractivity contribution in [3.8, 4) is 5.75 Å². The van der Waals surface area contributed by atoms with Crippen LogP contribution in [0.15, 0.2) is 23.2 Å². The number of carbonyl (C=O) groups excluding carboxylic acids is 2. The lowest BCUT2D eigenvalue weighted by atomic mass is 10.2. The number of nitrogens with zero attached hydrogens (tertiary/aromatic N) is 1. The second-order valence-corrected chi connectivity index (χ2v) is 4.71. The molecule has 6 heteroatoms. The van der Waals surface area contributed by atoms with Gasteiger partial charge in [-0.05, 0) is 32.9 Å². The van der Waals surface area contributed by atoms with Gasteiger partial charge in [0.25, 0.3) is 0 Å². The van der Waals surface area contributed by atoms with Crippen LogP contribution in [-0.2, 0) is 9.53 Å². The summed E-state index contributed by atoms with van der Waals surface area (Å²) in [6.45, 7) is 5.27. The fourth-order valence-electron chi connectivity index (χ4n) is 1.30. The van der Waals surface area contributed by atoms with E-state index in [1.54, 1.807) is 32.9 Å². The van der Waals surface area contributed by atoms with Gasteiger partial charge in [0.2, 0.25) is 6.08 Å². The van der Waals surface area contributed by atoms with Crippen LogP contribution in [0.5, 0.6) is 5.75 Å². The Labute approximate surface area is 111 Å². The summed E-state index contributed by atoms with van der Waals surface area (Å²) in [5.74, 6) is 0.517. The van der Waals surface area contributed by atoms with Crippen LogP contribution >= 0.6 is 0 Å². The van der Waals surface area contributed by atoms with E-state index in [1.807, 2.05) is 0 Å². The number of hydrogen-bond donors (Lipinski definition) is 1. The Morgan fingerprint density at radius 1 is 1.37 bits per heavy atom. The van der Waals surface area contributed by atoms with E-state index in [0.717, 1.165) is 0 Å². The summed E-state index contributed by atoms with van der Waals surface area (Å²) in [6.07, 6.45) is 0.800. The summed E-state index contributed by atoms with van der Waals surface area (Å²) in [5, 5.41) is 2.51. The maximum Gasteiger partial charge on any atom is 0.412 e. The van der Waals surface area contributed by atoms with E-state index in [-0.39, 0.29) is 5.69 Å². The quantitative estimate of drug-likeness (QED) is 0.672. The van der Waals surface area contributed by atoms with Crippen molar-refractivity contribution in [3.05, 3.63) is 18.2 Å². The van der Waals surface area contributed by atoms with Crippen LogP contribution in [0.4, 0.5) is 16.2 Å². The van der Waals surface area contributed by atoms with E-state index < -0.39 is 11.7 Å². The molecular weight excluding hydrogens is 248 g/mol. The van der Waals surface area contributed by atoms with Crippen molar-refractivity contribution in [1.29, 1.82) is 0 Å². The van der Waals surface area contributed by atoms with Gasteiger partial charge in [0.15, 0.2) is 0 Å². The third-order valence-electron chi connectivity index (χ3n) is 2.01. The number of aliphatic imine (C=N–C) groups is 1. The zero-order valence-corrected chi connectivity index (χ0v) is 11.3. The van der Waals surface area contributed by atoms with Crippen molar-refractivity contribution in [1.82, 2.24) is 0 Å². The summed E-state index contributed by atoms with van der Waals surface area (Å²) in [5.41, 5.74) is -0.0106. The lowest BCUT2D eigenvalue weighted by Crippen LogP contribution is -2.27. The number of carbonyl (C=O) groups is 1. The molecule has 1 amide bonds. The molecule has 1 aromatic carbocycles. The molecule has 0 saturated carbocycles. The van der Waals surface area contributed by atoms with Crippen molar-refractivity contribution in [2.24, 2.45) is 4.99 Å². The molecule has 1 N–H and O–H groups in total. The smallest absolute Gasteiger partial charge is 0.412 e. The largest absolute Gasteiger partial charge is 0.497 e. The van der Waals surface area contributed by atoms with Crippen LogP contribution in [0.2, 0.25) is 0 Å². The highest BCUT2D eigenvalue weighted by Crippen LogP contribution is 2.29. The highest BCUT2D eigenvalue weighted by molar-refractivity contribution is 5.89. The highest BCUT2D eigenvalue weighted by Gasteiger charge is 2.17. The van der Waals surface area contributed by atoms with Crippen LogP contribution in [0, 0.1) is 0 Å². The topological polar surface area (TPSA) is 77.0 Å². The number of rotatable bonds is 3. The molecule has 102 valence electrons. The minimum atomic E-state index is -0.625. The Balaban J connectivity index is 2.94. The predicted octanol–water partition coefficient (Wildman–Crippen LogP) is 3.01.